The fraction of sp³-hybridized carbons (Fsp3) is 0.412. The number of methoxy groups -OCH3 is 1. The van der Waals surface area contributed by atoms with E-state index in [-0.39, 0.29) is 5.91 Å². The fourth-order valence-electron chi connectivity index (χ4n) is 2.85. The zero-order chi connectivity index (χ0) is 16.2. The molecule has 1 aliphatic heterocycles. The van der Waals surface area contributed by atoms with Crippen molar-refractivity contribution in [3.63, 3.8) is 0 Å². The quantitative estimate of drug-likeness (QED) is 0.933. The summed E-state index contributed by atoms with van der Waals surface area (Å²) in [6.07, 6.45) is 3.79. The summed E-state index contributed by atoms with van der Waals surface area (Å²) in [4.78, 5) is 14.4. The lowest BCUT2D eigenvalue weighted by atomic mass is 10.1. The Kier molecular flexibility index (Phi) is 4.62. The number of nitrogens with zero attached hydrogens (tertiary/aromatic N) is 3. The van der Waals surface area contributed by atoms with Gasteiger partial charge in [-0.2, -0.15) is 5.10 Å². The van der Waals surface area contributed by atoms with E-state index in [1.165, 1.54) is 0 Å². The maximum absolute atomic E-state index is 12.5. The van der Waals surface area contributed by atoms with E-state index in [0.717, 1.165) is 37.4 Å². The molecule has 0 radical (unpaired) electrons. The number of hydrogen-bond donors (Lipinski definition) is 1. The minimum atomic E-state index is 0.00631. The van der Waals surface area contributed by atoms with E-state index in [0.29, 0.717) is 11.7 Å². The summed E-state index contributed by atoms with van der Waals surface area (Å²) in [6.45, 7) is 1.56. The first-order chi connectivity index (χ1) is 11.2. The number of rotatable bonds is 4. The predicted octanol–water partition coefficient (Wildman–Crippen LogP) is 1.70. The summed E-state index contributed by atoms with van der Waals surface area (Å²) in [5, 5.41) is 7.69. The van der Waals surface area contributed by atoms with Crippen LogP contribution in [0, 0.1) is 0 Å². The van der Waals surface area contributed by atoms with Crippen LogP contribution in [0.3, 0.4) is 0 Å². The first-order valence-corrected chi connectivity index (χ1v) is 7.88. The number of benzene rings is 1. The van der Waals surface area contributed by atoms with Crippen LogP contribution in [0.4, 0.5) is 0 Å². The molecule has 0 unspecified atom stereocenters. The Morgan fingerprint density at radius 2 is 1.91 bits per heavy atom. The van der Waals surface area contributed by atoms with Crippen molar-refractivity contribution in [3.05, 3.63) is 42.2 Å². The van der Waals surface area contributed by atoms with Gasteiger partial charge in [-0.3, -0.25) is 4.79 Å². The van der Waals surface area contributed by atoms with Crippen LogP contribution in [-0.2, 0) is 0 Å². The third kappa shape index (κ3) is 3.37. The summed E-state index contributed by atoms with van der Waals surface area (Å²) < 4.78 is 6.87. The monoisotopic (exact) mass is 314 g/mol. The van der Waals surface area contributed by atoms with Crippen LogP contribution in [0.1, 0.15) is 23.3 Å². The standard InChI is InChI=1S/C17H22N4O2/c1-18-13-7-10-20(11-8-13)17(22)16-9-12-21(19-16)14-3-5-15(23-2)6-4-14/h3-6,9,12-13,18H,7-8,10-11H2,1-2H3. The highest BCUT2D eigenvalue weighted by Crippen LogP contribution is 2.16. The molecule has 1 aliphatic rings. The molecule has 1 saturated heterocycles. The van der Waals surface area contributed by atoms with Crippen LogP contribution in [0.5, 0.6) is 5.75 Å². The molecule has 3 rings (SSSR count). The Morgan fingerprint density at radius 1 is 1.22 bits per heavy atom. The highest BCUT2D eigenvalue weighted by molar-refractivity contribution is 5.92. The number of hydrogen-bond acceptors (Lipinski definition) is 4. The molecule has 2 aromatic rings. The van der Waals surface area contributed by atoms with Gasteiger partial charge in [-0.1, -0.05) is 0 Å². The van der Waals surface area contributed by atoms with Crippen molar-refractivity contribution in [1.29, 1.82) is 0 Å². The van der Waals surface area contributed by atoms with Crippen LogP contribution in [-0.4, -0.2) is 53.9 Å². The molecule has 1 aromatic heterocycles. The minimum Gasteiger partial charge on any atom is -0.497 e. The topological polar surface area (TPSA) is 59.4 Å². The molecule has 6 nitrogen and oxygen atoms in total. The Bertz CT molecular complexity index is 657. The third-order valence-corrected chi connectivity index (χ3v) is 4.34. The van der Waals surface area contributed by atoms with Gasteiger partial charge in [-0.25, -0.2) is 4.68 Å². The van der Waals surface area contributed by atoms with Crippen molar-refractivity contribution in [2.24, 2.45) is 0 Å². The van der Waals surface area contributed by atoms with Crippen molar-refractivity contribution in [1.82, 2.24) is 20.0 Å². The molecular weight excluding hydrogens is 292 g/mol. The smallest absolute Gasteiger partial charge is 0.274 e. The van der Waals surface area contributed by atoms with E-state index >= 15 is 0 Å². The van der Waals surface area contributed by atoms with Gasteiger partial charge in [0.2, 0.25) is 0 Å². The van der Waals surface area contributed by atoms with Gasteiger partial charge in [0, 0.05) is 25.3 Å². The molecular formula is C17H22N4O2. The maximum atomic E-state index is 12.5. The average Bonchev–Trinajstić information content (AvgIpc) is 3.11. The second-order valence-electron chi connectivity index (χ2n) is 5.70. The average molecular weight is 314 g/mol. The zero-order valence-corrected chi connectivity index (χ0v) is 13.5. The summed E-state index contributed by atoms with van der Waals surface area (Å²) in [5.74, 6) is 0.802. The summed E-state index contributed by atoms with van der Waals surface area (Å²) in [6, 6.07) is 9.87. The van der Waals surface area contributed by atoms with Gasteiger partial charge in [-0.05, 0) is 50.2 Å². The molecule has 0 aliphatic carbocycles. The van der Waals surface area contributed by atoms with Gasteiger partial charge in [0.1, 0.15) is 5.75 Å². The number of carbonyl (C=O) groups is 1. The van der Waals surface area contributed by atoms with Gasteiger partial charge in [0.05, 0.1) is 12.8 Å². The maximum Gasteiger partial charge on any atom is 0.274 e. The van der Waals surface area contributed by atoms with E-state index in [4.69, 9.17) is 4.74 Å². The van der Waals surface area contributed by atoms with Gasteiger partial charge in [-0.15, -0.1) is 0 Å². The normalized spacial score (nSPS) is 15.7. The number of aromatic nitrogens is 2. The Balaban J connectivity index is 1.69. The Hall–Kier alpha value is -2.34. The van der Waals surface area contributed by atoms with Gasteiger partial charge >= 0.3 is 0 Å². The molecule has 0 atom stereocenters. The number of amides is 1. The molecule has 122 valence electrons. The first-order valence-electron chi connectivity index (χ1n) is 7.88. The number of carbonyl (C=O) groups excluding carboxylic acids is 1. The van der Waals surface area contributed by atoms with Crippen molar-refractivity contribution in [2.45, 2.75) is 18.9 Å². The predicted molar refractivity (Wildman–Crippen MR) is 88.1 cm³/mol. The van der Waals surface area contributed by atoms with E-state index in [1.807, 2.05) is 42.4 Å². The van der Waals surface area contributed by atoms with Crippen molar-refractivity contribution >= 4 is 5.91 Å². The Labute approximate surface area is 136 Å². The molecule has 0 spiro atoms. The van der Waals surface area contributed by atoms with Crippen molar-refractivity contribution < 1.29 is 9.53 Å². The molecule has 2 heterocycles. The second-order valence-corrected chi connectivity index (χ2v) is 5.70. The lowest BCUT2D eigenvalue weighted by Gasteiger charge is -2.31. The third-order valence-electron chi connectivity index (χ3n) is 4.34. The molecule has 0 saturated carbocycles. The van der Waals surface area contributed by atoms with Crippen LogP contribution in [0.15, 0.2) is 36.5 Å². The number of likely N-dealkylation sites (tertiary alicyclic amines) is 1. The highest BCUT2D eigenvalue weighted by atomic mass is 16.5. The van der Waals surface area contributed by atoms with E-state index < -0.39 is 0 Å². The highest BCUT2D eigenvalue weighted by Gasteiger charge is 2.24. The molecule has 6 heteroatoms. The SMILES string of the molecule is CNC1CCN(C(=O)c2ccn(-c3ccc(OC)cc3)n2)CC1. The summed E-state index contributed by atoms with van der Waals surface area (Å²) in [5.41, 5.74) is 1.39. The molecule has 1 aromatic carbocycles. The molecule has 1 N–H and O–H groups in total. The number of ether oxygens (including phenoxy) is 1. The lowest BCUT2D eigenvalue weighted by molar-refractivity contribution is 0.0701. The molecule has 23 heavy (non-hydrogen) atoms. The fourth-order valence-corrected chi connectivity index (χ4v) is 2.85. The van der Waals surface area contributed by atoms with Crippen LogP contribution < -0.4 is 10.1 Å². The number of piperidine rings is 1. The van der Waals surface area contributed by atoms with Crippen LogP contribution in [0.25, 0.3) is 5.69 Å². The van der Waals surface area contributed by atoms with Gasteiger partial charge < -0.3 is 15.0 Å². The van der Waals surface area contributed by atoms with E-state index in [2.05, 4.69) is 10.4 Å². The summed E-state index contributed by atoms with van der Waals surface area (Å²) >= 11 is 0. The van der Waals surface area contributed by atoms with Crippen molar-refractivity contribution in [3.8, 4) is 11.4 Å². The number of nitrogens with one attached hydrogen (secondary N) is 1. The zero-order valence-electron chi connectivity index (χ0n) is 13.5. The molecule has 1 amide bonds. The van der Waals surface area contributed by atoms with E-state index in [1.54, 1.807) is 17.9 Å². The first kappa shape index (κ1) is 15.6. The minimum absolute atomic E-state index is 0.00631. The molecule has 1 fully saturated rings. The largest absolute Gasteiger partial charge is 0.497 e. The summed E-state index contributed by atoms with van der Waals surface area (Å²) in [7, 11) is 3.61. The second kappa shape index (κ2) is 6.83. The van der Waals surface area contributed by atoms with Gasteiger partial charge in [0.15, 0.2) is 5.69 Å². The van der Waals surface area contributed by atoms with E-state index in [9.17, 15) is 4.79 Å². The van der Waals surface area contributed by atoms with Crippen LogP contribution >= 0.6 is 0 Å². The van der Waals surface area contributed by atoms with Gasteiger partial charge in [0.25, 0.3) is 5.91 Å². The Morgan fingerprint density at radius 3 is 2.52 bits per heavy atom. The van der Waals surface area contributed by atoms with Crippen LogP contribution in [0.2, 0.25) is 0 Å². The lowest BCUT2D eigenvalue weighted by Crippen LogP contribution is -2.44. The molecule has 0 bridgehead atoms. The van der Waals surface area contributed by atoms with Crippen molar-refractivity contribution in [2.75, 3.05) is 27.2 Å².